The van der Waals surface area contributed by atoms with E-state index in [1.165, 1.54) is 72.8 Å². The fourth-order valence-corrected chi connectivity index (χ4v) is 16.3. The van der Waals surface area contributed by atoms with Gasteiger partial charge < -0.3 is 30.1 Å². The number of carbonyl (C=O) groups is 3. The summed E-state index contributed by atoms with van der Waals surface area (Å²) >= 11 is 17.8. The normalized spacial score (nSPS) is 15.2. The third-order valence-electron chi connectivity index (χ3n) is 21.5. The molecule has 3 unspecified atom stereocenters. The summed E-state index contributed by atoms with van der Waals surface area (Å²) < 4.78 is 4.82. The van der Waals surface area contributed by atoms with Crippen LogP contribution in [0.3, 0.4) is 0 Å². The molecular formula is C92H94Cl3N9O3. The van der Waals surface area contributed by atoms with Gasteiger partial charge in [-0.1, -0.05) is 253 Å². The molecule has 0 fully saturated rings. The highest BCUT2D eigenvalue weighted by molar-refractivity contribution is 6.31. The van der Waals surface area contributed by atoms with Gasteiger partial charge in [-0.15, -0.1) is 0 Å². The van der Waals surface area contributed by atoms with Crippen LogP contribution < -0.4 is 16.0 Å². The van der Waals surface area contributed by atoms with Crippen molar-refractivity contribution in [3.05, 3.63) is 373 Å². The Labute approximate surface area is 644 Å². The van der Waals surface area contributed by atoms with Crippen molar-refractivity contribution in [2.45, 2.75) is 127 Å². The first-order valence-corrected chi connectivity index (χ1v) is 39.1. The largest absolute Gasteiger partial charge is 0.356 e. The molecule has 0 saturated carbocycles. The van der Waals surface area contributed by atoms with Crippen LogP contribution in [0.1, 0.15) is 142 Å². The summed E-state index contributed by atoms with van der Waals surface area (Å²) in [4.78, 5) is 54.8. The smallest absolute Gasteiger partial charge is 0.220 e. The number of nitrogens with zero attached hydrogens (tertiary/aromatic N) is 5. The van der Waals surface area contributed by atoms with Crippen LogP contribution in [0.2, 0.25) is 15.1 Å². The molecule has 3 heterocycles. The molecule has 107 heavy (non-hydrogen) atoms. The first kappa shape index (κ1) is 75.1. The van der Waals surface area contributed by atoms with Crippen molar-refractivity contribution in [1.82, 2.24) is 45.0 Å². The van der Waals surface area contributed by atoms with Gasteiger partial charge in [0.15, 0.2) is 0 Å². The minimum atomic E-state index is -0.572. The van der Waals surface area contributed by atoms with Gasteiger partial charge in [-0.05, 0) is 201 Å². The van der Waals surface area contributed by atoms with Crippen molar-refractivity contribution in [1.29, 1.82) is 0 Å². The minimum Gasteiger partial charge on any atom is -0.356 e. The maximum atomic E-state index is 12.8. The summed E-state index contributed by atoms with van der Waals surface area (Å²) in [6.45, 7) is 2.13. The first-order chi connectivity index (χ1) is 52.5. The van der Waals surface area contributed by atoms with Crippen LogP contribution in [0.5, 0.6) is 0 Å². The van der Waals surface area contributed by atoms with E-state index < -0.39 is 11.1 Å². The molecule has 15 heteroatoms. The Bertz CT molecular complexity index is 4570. The summed E-state index contributed by atoms with van der Waals surface area (Å²) in [7, 11) is 0. The van der Waals surface area contributed by atoms with E-state index in [0.29, 0.717) is 50.1 Å². The third-order valence-corrected chi connectivity index (χ3v) is 22.3. The van der Waals surface area contributed by atoms with Gasteiger partial charge in [0.2, 0.25) is 17.7 Å². The lowest BCUT2D eigenvalue weighted by molar-refractivity contribution is -0.122. The molecule has 3 atom stereocenters. The summed E-state index contributed by atoms with van der Waals surface area (Å²) in [5, 5.41) is 11.7. The van der Waals surface area contributed by atoms with Crippen molar-refractivity contribution in [2.75, 3.05) is 19.6 Å². The average Bonchev–Trinajstić information content (AvgIpc) is 1.69. The SMILES string of the molecule is O=C(CCCc1ccc(Cl)cc1)NCC1CCc2c(ncn2C(c2ccccc2)(c2ccccc2)c2ccccc2)C1.O=C(CCCc1ccc(Cl)cc1)NCC1CCc2nc[nH]c2C1.O=C(CCCc1ccc(Cl)cc1)NCC1CCc2ncn(C(c3ccccc3)(c3ccccc3)c3ccccc3)c2C1. The Morgan fingerprint density at radius 3 is 1.06 bits per heavy atom. The van der Waals surface area contributed by atoms with Crippen molar-refractivity contribution in [2.24, 2.45) is 17.8 Å². The molecule has 3 aromatic heterocycles. The number of benzene rings is 9. The van der Waals surface area contributed by atoms with Crippen LogP contribution in [-0.4, -0.2) is 66.4 Å². The highest BCUT2D eigenvalue weighted by Gasteiger charge is 2.43. The zero-order valence-corrected chi connectivity index (χ0v) is 62.9. The van der Waals surface area contributed by atoms with Crippen molar-refractivity contribution in [3.63, 3.8) is 0 Å². The number of fused-ring (bicyclic) bond motifs is 3. The maximum Gasteiger partial charge on any atom is 0.220 e. The molecule has 15 rings (SSSR count). The van der Waals surface area contributed by atoms with Crippen LogP contribution in [0.25, 0.3) is 0 Å². The van der Waals surface area contributed by atoms with Gasteiger partial charge >= 0.3 is 0 Å². The third kappa shape index (κ3) is 18.8. The molecule has 3 amide bonds. The van der Waals surface area contributed by atoms with Gasteiger partial charge in [0.05, 0.1) is 36.1 Å². The lowest BCUT2D eigenvalue weighted by Gasteiger charge is -2.39. The monoisotopic (exact) mass is 1480 g/mol. The molecular weight excluding hydrogens is 1390 g/mol. The van der Waals surface area contributed by atoms with Gasteiger partial charge in [-0.3, -0.25) is 14.4 Å². The Hall–Kier alpha value is -10.1. The van der Waals surface area contributed by atoms with Crippen LogP contribution >= 0.6 is 34.8 Å². The Morgan fingerprint density at radius 1 is 0.364 bits per heavy atom. The minimum absolute atomic E-state index is 0.121. The van der Waals surface area contributed by atoms with Gasteiger partial charge in [-0.25, -0.2) is 15.0 Å². The number of carbonyl (C=O) groups excluding carboxylic acids is 3. The molecule has 12 nitrogen and oxygen atoms in total. The van der Waals surface area contributed by atoms with Crippen LogP contribution in [0.15, 0.2) is 274 Å². The predicted octanol–water partition coefficient (Wildman–Crippen LogP) is 18.5. The zero-order valence-electron chi connectivity index (χ0n) is 60.7. The molecule has 0 bridgehead atoms. The lowest BCUT2D eigenvalue weighted by atomic mass is 9.76. The zero-order chi connectivity index (χ0) is 73.6. The van der Waals surface area contributed by atoms with E-state index in [1.807, 2.05) is 85.5 Å². The molecule has 3 aliphatic carbocycles. The van der Waals surface area contributed by atoms with E-state index in [1.54, 1.807) is 6.33 Å². The molecule has 0 saturated heterocycles. The van der Waals surface area contributed by atoms with Crippen molar-refractivity contribution < 1.29 is 14.4 Å². The Balaban J connectivity index is 0.000000148. The van der Waals surface area contributed by atoms with Crippen LogP contribution in [0.4, 0.5) is 0 Å². The van der Waals surface area contributed by atoms with E-state index in [2.05, 4.69) is 217 Å². The van der Waals surface area contributed by atoms with Gasteiger partial charge in [-0.2, -0.15) is 0 Å². The number of imidazole rings is 3. The number of H-pyrrole nitrogens is 1. The topological polar surface area (TPSA) is 152 Å². The molecule has 9 aromatic carbocycles. The van der Waals surface area contributed by atoms with Crippen LogP contribution in [0, 0.1) is 17.8 Å². The number of aryl methyl sites for hydroxylation is 5. The van der Waals surface area contributed by atoms with Gasteiger partial charge in [0.25, 0.3) is 0 Å². The van der Waals surface area contributed by atoms with Crippen LogP contribution in [-0.2, 0) is 83.2 Å². The molecule has 12 aromatic rings. The van der Waals surface area contributed by atoms with Gasteiger partial charge in [0, 0.05) is 71.0 Å². The number of rotatable bonds is 26. The summed E-state index contributed by atoms with van der Waals surface area (Å²) in [5.74, 6) is 1.64. The lowest BCUT2D eigenvalue weighted by Crippen LogP contribution is -2.40. The number of amides is 3. The van der Waals surface area contributed by atoms with E-state index in [4.69, 9.17) is 44.8 Å². The fraction of sp³-hybridized carbons (Fsp3) is 0.283. The molecule has 546 valence electrons. The fourth-order valence-electron chi connectivity index (χ4n) is 16.0. The molecule has 0 spiro atoms. The second-order valence-electron chi connectivity index (χ2n) is 28.6. The van der Waals surface area contributed by atoms with E-state index in [-0.39, 0.29) is 17.7 Å². The number of halogens is 3. The number of nitrogens with one attached hydrogen (secondary N) is 4. The molecule has 4 N–H and O–H groups in total. The quantitative estimate of drug-likeness (QED) is 0.0396. The van der Waals surface area contributed by atoms with Gasteiger partial charge in [0.1, 0.15) is 11.1 Å². The molecule has 0 aliphatic heterocycles. The number of hydrogen-bond donors (Lipinski definition) is 4. The summed E-state index contributed by atoms with van der Waals surface area (Å²) in [6, 6.07) is 88.0. The number of hydrogen-bond acceptors (Lipinski definition) is 6. The Kier molecular flexibility index (Phi) is 25.9. The van der Waals surface area contributed by atoms with E-state index in [0.717, 1.165) is 129 Å². The second kappa shape index (κ2) is 36.9. The maximum absolute atomic E-state index is 12.8. The first-order valence-electron chi connectivity index (χ1n) is 38.0. The summed E-state index contributed by atoms with van der Waals surface area (Å²) in [5.41, 5.74) is 17.0. The Morgan fingerprint density at radius 2 is 0.682 bits per heavy atom. The highest BCUT2D eigenvalue weighted by atomic mass is 35.5. The second-order valence-corrected chi connectivity index (χ2v) is 29.9. The van der Waals surface area contributed by atoms with Crippen molar-refractivity contribution in [3.8, 4) is 0 Å². The van der Waals surface area contributed by atoms with Crippen molar-refractivity contribution >= 4 is 52.5 Å². The standard InChI is InChI=1S/2C37H36ClN3O.C18H22ClN3O/c38-33-22-19-28(20-23-33)11-10-18-36(42)39-26-29-21-24-35-34(25-29)40-27-41(35)37(30-12-4-1-5-13-30,31-14-6-2-7-15-31)32-16-8-3-9-17-32;38-33-22-19-28(20-23-33)11-10-18-36(42)39-26-29-21-24-34-35(25-29)41(27-40-34)37(30-12-4-1-5-13-30,31-14-6-2-7-15-31)32-16-8-3-9-17-32;19-15-7-4-13(5-8-15)2-1-3-18(23)20-11-14-6-9-16-17(10-14)22-12-21-16/h2*1-9,12-17,19-20,22-23,27,29H,10-11,18,21,24-26H2,(H,39,42);4-5,7-8,12,14H,1-3,6,9-11H2,(H,20,23)(H,21,22). The predicted molar refractivity (Wildman–Crippen MR) is 431 cm³/mol. The van der Waals surface area contributed by atoms with E-state index in [9.17, 15) is 14.4 Å². The summed E-state index contributed by atoms with van der Waals surface area (Å²) in [6.07, 6.45) is 21.3. The van der Waals surface area contributed by atoms with E-state index >= 15 is 0 Å². The average molecular weight is 1480 g/mol. The number of aromatic amines is 1. The molecule has 3 aliphatic rings. The molecule has 0 radical (unpaired) electrons. The highest BCUT2D eigenvalue weighted by Crippen LogP contribution is 2.45. The number of aromatic nitrogens is 6.